The van der Waals surface area contributed by atoms with Crippen molar-refractivity contribution in [2.45, 2.75) is 18.7 Å². The number of carbonyl (C=O) groups excluding carboxylic acids is 1. The quantitative estimate of drug-likeness (QED) is 0.584. The van der Waals surface area contributed by atoms with E-state index in [-0.39, 0.29) is 6.09 Å². The maximum Gasteiger partial charge on any atom is 0.411 e. The van der Waals surface area contributed by atoms with Gasteiger partial charge in [0.1, 0.15) is 6.61 Å². The van der Waals surface area contributed by atoms with Crippen molar-refractivity contribution in [2.24, 2.45) is 0 Å². The zero-order valence-corrected chi connectivity index (χ0v) is 7.02. The molecule has 0 saturated carbocycles. The van der Waals surface area contributed by atoms with Crippen molar-refractivity contribution < 1.29 is 9.53 Å². The predicted octanol–water partition coefficient (Wildman–Crippen LogP) is 1.10. The van der Waals surface area contributed by atoms with Gasteiger partial charge in [0.25, 0.3) is 0 Å². The van der Waals surface area contributed by atoms with Crippen LogP contribution >= 0.6 is 12.6 Å². The first kappa shape index (κ1) is 7.72. The van der Waals surface area contributed by atoms with Crippen LogP contribution in [-0.4, -0.2) is 29.0 Å². The maximum atomic E-state index is 10.9. The van der Waals surface area contributed by atoms with Gasteiger partial charge in [-0.15, -0.1) is 0 Å². The molecule has 0 aromatic rings. The minimum absolute atomic E-state index is 0.264. The second-order valence-electron chi connectivity index (χ2n) is 2.76. The number of amides is 1. The lowest BCUT2D eigenvalue weighted by molar-refractivity contribution is 0.148. The van der Waals surface area contributed by atoms with Crippen molar-refractivity contribution in [1.82, 2.24) is 4.90 Å². The molecule has 58 valence electrons. The summed E-state index contributed by atoms with van der Waals surface area (Å²) < 4.78 is 4.73. The first-order chi connectivity index (χ1) is 4.52. The summed E-state index contributed by atoms with van der Waals surface area (Å²) in [5, 5.41) is 0. The van der Waals surface area contributed by atoms with Crippen LogP contribution in [0.5, 0.6) is 0 Å². The Balaban J connectivity index is 2.64. The van der Waals surface area contributed by atoms with Crippen LogP contribution in [0.25, 0.3) is 0 Å². The summed E-state index contributed by atoms with van der Waals surface area (Å²) in [5.74, 6) is 0. The van der Waals surface area contributed by atoms with Gasteiger partial charge in [0.15, 0.2) is 0 Å². The topological polar surface area (TPSA) is 29.5 Å². The fourth-order valence-electron chi connectivity index (χ4n) is 0.890. The minimum atomic E-state index is -0.395. The van der Waals surface area contributed by atoms with Crippen LogP contribution in [0.3, 0.4) is 0 Å². The number of ether oxygens (including phenoxy) is 1. The molecule has 0 spiro atoms. The van der Waals surface area contributed by atoms with Gasteiger partial charge in [-0.1, -0.05) is 0 Å². The Kier molecular flexibility index (Phi) is 1.81. The summed E-state index contributed by atoms with van der Waals surface area (Å²) in [6, 6.07) is 0. The van der Waals surface area contributed by atoms with E-state index in [9.17, 15) is 4.79 Å². The molecule has 0 radical (unpaired) electrons. The highest BCUT2D eigenvalue weighted by Gasteiger charge is 2.32. The lowest BCUT2D eigenvalue weighted by Gasteiger charge is -2.27. The van der Waals surface area contributed by atoms with Gasteiger partial charge >= 0.3 is 6.09 Å². The number of hydrogen-bond acceptors (Lipinski definition) is 3. The molecular formula is C6H11NO2S. The molecule has 1 heterocycles. The monoisotopic (exact) mass is 161 g/mol. The van der Waals surface area contributed by atoms with Crippen LogP contribution in [0.2, 0.25) is 0 Å². The SMILES string of the molecule is CC(C)(S)N1CCOC1=O. The lowest BCUT2D eigenvalue weighted by atomic mass is 10.3. The van der Waals surface area contributed by atoms with Crippen molar-refractivity contribution in [3.63, 3.8) is 0 Å². The van der Waals surface area contributed by atoms with Crippen LogP contribution in [0.15, 0.2) is 0 Å². The standard InChI is InChI=1S/C6H11NO2S/c1-6(2,10)7-3-4-9-5(7)8/h10H,3-4H2,1-2H3. The molecule has 3 nitrogen and oxygen atoms in total. The van der Waals surface area contributed by atoms with E-state index >= 15 is 0 Å². The third-order valence-corrected chi connectivity index (χ3v) is 1.66. The molecule has 0 unspecified atom stereocenters. The first-order valence-corrected chi connectivity index (χ1v) is 3.63. The molecule has 1 aliphatic heterocycles. The van der Waals surface area contributed by atoms with E-state index in [1.165, 1.54) is 0 Å². The molecule has 1 amide bonds. The van der Waals surface area contributed by atoms with Crippen molar-refractivity contribution in [3.05, 3.63) is 0 Å². The van der Waals surface area contributed by atoms with E-state index in [2.05, 4.69) is 12.6 Å². The summed E-state index contributed by atoms with van der Waals surface area (Å²) >= 11 is 4.23. The number of nitrogens with zero attached hydrogens (tertiary/aromatic N) is 1. The predicted molar refractivity (Wildman–Crippen MR) is 41.1 cm³/mol. The average molecular weight is 161 g/mol. The van der Waals surface area contributed by atoms with E-state index < -0.39 is 4.87 Å². The van der Waals surface area contributed by atoms with Gasteiger partial charge < -0.3 is 4.74 Å². The largest absolute Gasteiger partial charge is 0.447 e. The molecule has 0 N–H and O–H groups in total. The average Bonchev–Trinajstić information content (AvgIpc) is 2.11. The zero-order valence-electron chi connectivity index (χ0n) is 6.13. The Morgan fingerprint density at radius 2 is 2.30 bits per heavy atom. The van der Waals surface area contributed by atoms with Crippen molar-refractivity contribution in [2.75, 3.05) is 13.2 Å². The van der Waals surface area contributed by atoms with Crippen molar-refractivity contribution in [1.29, 1.82) is 0 Å². The van der Waals surface area contributed by atoms with Gasteiger partial charge in [0.2, 0.25) is 0 Å². The van der Waals surface area contributed by atoms with Crippen LogP contribution < -0.4 is 0 Å². The van der Waals surface area contributed by atoms with Gasteiger partial charge in [-0.3, -0.25) is 4.90 Å². The Bertz CT molecular complexity index is 152. The molecule has 0 aromatic carbocycles. The van der Waals surface area contributed by atoms with E-state index in [1.807, 2.05) is 13.8 Å². The lowest BCUT2D eigenvalue weighted by Crippen LogP contribution is -2.39. The molecule has 1 rings (SSSR count). The fourth-order valence-corrected chi connectivity index (χ4v) is 1.07. The normalized spacial score (nSPS) is 19.5. The third-order valence-electron chi connectivity index (χ3n) is 1.42. The minimum Gasteiger partial charge on any atom is -0.447 e. The number of hydrogen-bond donors (Lipinski definition) is 1. The van der Waals surface area contributed by atoms with Gasteiger partial charge in [-0.05, 0) is 13.8 Å². The summed E-state index contributed by atoms with van der Waals surface area (Å²) in [5.41, 5.74) is 0. The van der Waals surface area contributed by atoms with Gasteiger partial charge in [-0.2, -0.15) is 12.6 Å². The molecule has 0 aromatic heterocycles. The second-order valence-corrected chi connectivity index (χ2v) is 3.85. The molecule has 0 atom stereocenters. The van der Waals surface area contributed by atoms with Crippen LogP contribution in [-0.2, 0) is 4.74 Å². The van der Waals surface area contributed by atoms with Crippen LogP contribution in [0, 0.1) is 0 Å². The van der Waals surface area contributed by atoms with E-state index in [0.717, 1.165) is 0 Å². The van der Waals surface area contributed by atoms with E-state index in [1.54, 1.807) is 4.90 Å². The Labute approximate surface area is 65.7 Å². The zero-order chi connectivity index (χ0) is 7.78. The van der Waals surface area contributed by atoms with Crippen LogP contribution in [0.1, 0.15) is 13.8 Å². The fraction of sp³-hybridized carbons (Fsp3) is 0.833. The smallest absolute Gasteiger partial charge is 0.411 e. The molecule has 1 aliphatic rings. The molecule has 0 aliphatic carbocycles. The molecule has 1 fully saturated rings. The van der Waals surface area contributed by atoms with Gasteiger partial charge in [0.05, 0.1) is 11.4 Å². The summed E-state index contributed by atoms with van der Waals surface area (Å²) in [7, 11) is 0. The molecular weight excluding hydrogens is 150 g/mol. The highest BCUT2D eigenvalue weighted by atomic mass is 32.1. The Morgan fingerprint density at radius 3 is 2.50 bits per heavy atom. The van der Waals surface area contributed by atoms with Gasteiger partial charge in [0, 0.05) is 0 Å². The second kappa shape index (κ2) is 2.34. The first-order valence-electron chi connectivity index (χ1n) is 3.18. The molecule has 1 saturated heterocycles. The molecule has 4 heteroatoms. The van der Waals surface area contributed by atoms with E-state index in [4.69, 9.17) is 4.74 Å². The number of thiol groups is 1. The van der Waals surface area contributed by atoms with Crippen LogP contribution in [0.4, 0.5) is 4.79 Å². The molecule has 0 bridgehead atoms. The van der Waals surface area contributed by atoms with Crippen molar-refractivity contribution in [3.8, 4) is 0 Å². The highest BCUT2D eigenvalue weighted by Crippen LogP contribution is 2.21. The Hall–Kier alpha value is -0.380. The Morgan fingerprint density at radius 1 is 1.70 bits per heavy atom. The number of carbonyl (C=O) groups is 1. The van der Waals surface area contributed by atoms with E-state index in [0.29, 0.717) is 13.2 Å². The third kappa shape index (κ3) is 1.37. The number of cyclic esters (lactones) is 1. The molecule has 10 heavy (non-hydrogen) atoms. The summed E-state index contributed by atoms with van der Waals surface area (Å²) in [6.07, 6.45) is -0.264. The summed E-state index contributed by atoms with van der Waals surface area (Å²) in [4.78, 5) is 12.1. The van der Waals surface area contributed by atoms with Crippen molar-refractivity contribution >= 4 is 18.7 Å². The summed E-state index contributed by atoms with van der Waals surface area (Å²) in [6.45, 7) is 4.86. The highest BCUT2D eigenvalue weighted by molar-refractivity contribution is 7.81. The van der Waals surface area contributed by atoms with Gasteiger partial charge in [-0.25, -0.2) is 4.79 Å². The number of rotatable bonds is 1. The maximum absolute atomic E-state index is 10.9.